The molecule has 196 valence electrons. The highest BCUT2D eigenvalue weighted by molar-refractivity contribution is 8.23. The van der Waals surface area contributed by atoms with Crippen LogP contribution < -0.4 is 0 Å². The van der Waals surface area contributed by atoms with E-state index in [1.54, 1.807) is 21.0 Å². The Morgan fingerprint density at radius 1 is 0.939 bits per heavy atom. The number of hydroxylamine groups is 2. The molecule has 0 radical (unpaired) electrons. The second kappa shape index (κ2) is 21.3. The molecule has 0 saturated carbocycles. The Kier molecular flexibility index (Phi) is 21.3. The van der Waals surface area contributed by atoms with Crippen LogP contribution in [0.5, 0.6) is 0 Å². The normalized spacial score (nSPS) is 12.8. The van der Waals surface area contributed by atoms with E-state index in [-0.39, 0.29) is 30.4 Å². The van der Waals surface area contributed by atoms with Crippen LogP contribution in [0.3, 0.4) is 0 Å². The van der Waals surface area contributed by atoms with Crippen molar-refractivity contribution in [3.63, 3.8) is 0 Å². The Labute approximate surface area is 211 Å². The van der Waals surface area contributed by atoms with Gasteiger partial charge in [-0.25, -0.2) is 0 Å². The number of nitrogens with zero attached hydrogens (tertiary/aromatic N) is 1. The van der Waals surface area contributed by atoms with Crippen LogP contribution in [0.1, 0.15) is 85.0 Å². The fourth-order valence-corrected chi connectivity index (χ4v) is 6.51. The molecule has 0 fully saturated rings. The lowest BCUT2D eigenvalue weighted by atomic mass is 10.0. The maximum absolute atomic E-state index is 12.6. The fraction of sp³-hybridized carbons (Fsp3) is 0.913. The summed E-state index contributed by atoms with van der Waals surface area (Å²) < 4.78 is 29.1. The number of carbonyl (C=O) groups excluding carboxylic acids is 1. The number of Topliss-reactive ketones (excluding diaryl/α,β-unsaturated/α-hetero) is 1. The van der Waals surface area contributed by atoms with Gasteiger partial charge >= 0.3 is 7.60 Å². The van der Waals surface area contributed by atoms with Gasteiger partial charge in [-0.15, -0.1) is 0 Å². The van der Waals surface area contributed by atoms with Gasteiger partial charge in [0.25, 0.3) is 0 Å². The smallest absolute Gasteiger partial charge is 0.338 e. The molecule has 0 aromatic heterocycles. The van der Waals surface area contributed by atoms with Crippen molar-refractivity contribution in [2.24, 2.45) is 0 Å². The van der Waals surface area contributed by atoms with Crippen LogP contribution in [0.15, 0.2) is 0 Å². The van der Waals surface area contributed by atoms with Crippen molar-refractivity contribution in [2.45, 2.75) is 90.2 Å². The second-order valence-electron chi connectivity index (χ2n) is 7.90. The maximum Gasteiger partial charge on any atom is 0.338 e. The molecular formula is C23H46NO6PS2. The van der Waals surface area contributed by atoms with Gasteiger partial charge in [-0.3, -0.25) is 9.36 Å². The Morgan fingerprint density at radius 3 is 2.06 bits per heavy atom. The molecule has 0 saturated heterocycles. The first-order valence-electron chi connectivity index (χ1n) is 12.3. The highest BCUT2D eigenvalue weighted by Crippen LogP contribution is 2.48. The number of thiocarbonyl (C=S) groups is 1. The molecule has 0 bridgehead atoms. The number of ether oxygens (including phenoxy) is 1. The van der Waals surface area contributed by atoms with E-state index in [4.69, 9.17) is 30.8 Å². The van der Waals surface area contributed by atoms with E-state index in [0.717, 1.165) is 25.8 Å². The van der Waals surface area contributed by atoms with Gasteiger partial charge in [-0.05, 0) is 52.3 Å². The summed E-state index contributed by atoms with van der Waals surface area (Å²) in [6.07, 6.45) is 10.2. The van der Waals surface area contributed by atoms with Crippen molar-refractivity contribution >= 4 is 41.7 Å². The van der Waals surface area contributed by atoms with Crippen LogP contribution in [0, 0.1) is 0 Å². The van der Waals surface area contributed by atoms with E-state index >= 15 is 0 Å². The predicted molar refractivity (Wildman–Crippen MR) is 142 cm³/mol. The number of unbranched alkanes of at least 4 members (excludes halogenated alkanes) is 6. The molecule has 0 rings (SSSR count). The van der Waals surface area contributed by atoms with E-state index in [1.807, 2.05) is 19.0 Å². The lowest BCUT2D eigenvalue weighted by molar-refractivity contribution is -0.117. The van der Waals surface area contributed by atoms with Crippen LogP contribution in [0.4, 0.5) is 0 Å². The van der Waals surface area contributed by atoms with E-state index in [1.165, 1.54) is 43.9 Å². The first-order chi connectivity index (χ1) is 15.8. The molecule has 7 nitrogen and oxygen atoms in total. The minimum atomic E-state index is -3.34. The number of ketones is 1. The van der Waals surface area contributed by atoms with E-state index < -0.39 is 7.60 Å². The van der Waals surface area contributed by atoms with E-state index in [0.29, 0.717) is 23.8 Å². The van der Waals surface area contributed by atoms with Gasteiger partial charge in [-0.1, -0.05) is 50.3 Å². The topological polar surface area (TPSA) is 74.3 Å². The summed E-state index contributed by atoms with van der Waals surface area (Å²) in [5.41, 5.74) is 0. The molecule has 0 spiro atoms. The third-order valence-corrected chi connectivity index (χ3v) is 8.67. The Balaban J connectivity index is 4.34. The van der Waals surface area contributed by atoms with Gasteiger partial charge in [0.15, 0.2) is 0 Å². The average molecular weight is 528 g/mol. The summed E-state index contributed by atoms with van der Waals surface area (Å²) >= 11 is 6.85. The van der Waals surface area contributed by atoms with Gasteiger partial charge < -0.3 is 18.6 Å². The minimum Gasteiger partial charge on any atom is -0.479 e. The number of rotatable bonds is 22. The molecular weight excluding hydrogens is 481 g/mol. The van der Waals surface area contributed by atoms with E-state index in [2.05, 4.69) is 0 Å². The molecule has 0 aliphatic carbocycles. The molecule has 0 amide bonds. The summed E-state index contributed by atoms with van der Waals surface area (Å²) in [4.78, 5) is 17.6. The molecule has 0 aromatic rings. The van der Waals surface area contributed by atoms with Gasteiger partial charge in [-0.2, -0.15) is 5.06 Å². The highest BCUT2D eigenvalue weighted by atomic mass is 32.2. The summed E-state index contributed by atoms with van der Waals surface area (Å²) in [5, 5.41) is 2.08. The fourth-order valence-electron chi connectivity index (χ4n) is 3.37. The molecule has 0 aliphatic heterocycles. The largest absolute Gasteiger partial charge is 0.479 e. The van der Waals surface area contributed by atoms with Gasteiger partial charge in [0, 0.05) is 25.3 Å². The predicted octanol–water partition coefficient (Wildman–Crippen LogP) is 6.64. The van der Waals surface area contributed by atoms with Crippen LogP contribution in [0.25, 0.3) is 0 Å². The van der Waals surface area contributed by atoms with Crippen molar-refractivity contribution in [1.29, 1.82) is 0 Å². The monoisotopic (exact) mass is 527 g/mol. The Bertz CT molecular complexity index is 557. The molecule has 0 aliphatic rings. The van der Waals surface area contributed by atoms with Crippen molar-refractivity contribution < 1.29 is 28.0 Å². The molecule has 0 heterocycles. The van der Waals surface area contributed by atoms with Gasteiger partial charge in [0.2, 0.25) is 4.38 Å². The second-order valence-corrected chi connectivity index (χ2v) is 11.9. The Hall–Kier alpha value is -0.0200. The lowest BCUT2D eigenvalue weighted by Crippen LogP contribution is -2.17. The SMILES string of the molecule is CCOC(=S)SC(CCCCCCCCCN(C)OC)CCC(=O)CP(=O)(OCC)OCC. The maximum atomic E-state index is 12.6. The van der Waals surface area contributed by atoms with Crippen molar-refractivity contribution in [2.75, 3.05) is 46.7 Å². The molecule has 0 aromatic carbocycles. The summed E-state index contributed by atoms with van der Waals surface area (Å²) in [7, 11) is 0.312. The van der Waals surface area contributed by atoms with E-state index in [9.17, 15) is 9.36 Å². The van der Waals surface area contributed by atoms with Crippen LogP contribution >= 0.6 is 31.6 Å². The van der Waals surface area contributed by atoms with Gasteiger partial charge in [0.05, 0.1) is 26.9 Å². The number of thioether (sulfide) groups is 1. The third-order valence-electron chi connectivity index (χ3n) is 5.10. The minimum absolute atomic E-state index is 0.0905. The molecule has 1 atom stereocenters. The van der Waals surface area contributed by atoms with Crippen LogP contribution in [0.2, 0.25) is 0 Å². The van der Waals surface area contributed by atoms with Crippen molar-refractivity contribution in [3.05, 3.63) is 0 Å². The Morgan fingerprint density at radius 2 is 1.52 bits per heavy atom. The number of carbonyl (C=O) groups is 1. The number of hydrogen-bond donors (Lipinski definition) is 0. The summed E-state index contributed by atoms with van der Waals surface area (Å²) in [6.45, 7) is 7.44. The highest BCUT2D eigenvalue weighted by Gasteiger charge is 2.27. The molecule has 0 N–H and O–H groups in total. The average Bonchev–Trinajstić information content (AvgIpc) is 2.76. The standard InChI is InChI=1S/C23H46NO6PS2/c1-6-28-23(32)33-22(16-14-12-10-9-11-13-15-19-24(4)27-5)18-17-21(25)20-31(26,29-7-2)30-8-3/h22H,6-20H2,1-5H3. The van der Waals surface area contributed by atoms with Crippen molar-refractivity contribution in [1.82, 2.24) is 5.06 Å². The zero-order valence-corrected chi connectivity index (χ0v) is 23.9. The van der Waals surface area contributed by atoms with Crippen molar-refractivity contribution in [3.8, 4) is 0 Å². The zero-order chi connectivity index (χ0) is 25.0. The number of hydrogen-bond acceptors (Lipinski definition) is 9. The molecule has 33 heavy (non-hydrogen) atoms. The summed E-state index contributed by atoms with van der Waals surface area (Å²) in [6, 6.07) is 0. The van der Waals surface area contributed by atoms with Crippen LogP contribution in [-0.2, 0) is 28.0 Å². The zero-order valence-electron chi connectivity index (χ0n) is 21.3. The third kappa shape index (κ3) is 18.9. The van der Waals surface area contributed by atoms with Gasteiger partial charge in [0.1, 0.15) is 11.9 Å². The lowest BCUT2D eigenvalue weighted by Gasteiger charge is -2.18. The first kappa shape index (κ1) is 33.0. The summed E-state index contributed by atoms with van der Waals surface area (Å²) in [5.74, 6) is -0.0905. The van der Waals surface area contributed by atoms with Crippen LogP contribution in [-0.4, -0.2) is 67.2 Å². The quantitative estimate of drug-likeness (QED) is 0.0666. The molecule has 10 heteroatoms. The first-order valence-corrected chi connectivity index (χ1v) is 15.3. The molecule has 1 unspecified atom stereocenters.